The number of carbonyl (C=O) groups excluding carboxylic acids is 1. The molecule has 2 aromatic rings. The number of hydrogen-bond acceptors (Lipinski definition) is 2. The van der Waals surface area contributed by atoms with Crippen LogP contribution in [0.25, 0.3) is 5.57 Å². The first kappa shape index (κ1) is 14.4. The van der Waals surface area contributed by atoms with Gasteiger partial charge in [0.2, 0.25) is 0 Å². The fourth-order valence-electron chi connectivity index (χ4n) is 2.68. The van der Waals surface area contributed by atoms with Gasteiger partial charge >= 0.3 is 6.09 Å². The van der Waals surface area contributed by atoms with Gasteiger partial charge in [-0.3, -0.25) is 4.90 Å². The van der Waals surface area contributed by atoms with Gasteiger partial charge < -0.3 is 4.74 Å². The molecule has 3 heteroatoms. The number of ether oxygens (including phenoxy) is 1. The van der Waals surface area contributed by atoms with Crippen LogP contribution in [-0.2, 0) is 4.74 Å². The highest BCUT2D eigenvalue weighted by atomic mass is 16.6. The Morgan fingerprint density at radius 2 is 1.73 bits per heavy atom. The van der Waals surface area contributed by atoms with Gasteiger partial charge in [-0.25, -0.2) is 4.79 Å². The molecule has 22 heavy (non-hydrogen) atoms. The zero-order valence-electron chi connectivity index (χ0n) is 12.6. The largest absolute Gasteiger partial charge is 0.447 e. The maximum Gasteiger partial charge on any atom is 0.413 e. The van der Waals surface area contributed by atoms with Crippen molar-refractivity contribution in [3.05, 3.63) is 78.0 Å². The molecule has 0 aromatic heterocycles. The monoisotopic (exact) mass is 293 g/mol. The number of allylic oxidation sites excluding steroid dienone is 1. The summed E-state index contributed by atoms with van der Waals surface area (Å²) >= 11 is 0. The van der Waals surface area contributed by atoms with Crippen molar-refractivity contribution in [2.24, 2.45) is 0 Å². The minimum atomic E-state index is -0.270. The lowest BCUT2D eigenvalue weighted by atomic mass is 9.88. The molecule has 1 saturated heterocycles. The molecule has 1 amide bonds. The average molecular weight is 293 g/mol. The van der Waals surface area contributed by atoms with Crippen LogP contribution in [0, 0.1) is 0 Å². The van der Waals surface area contributed by atoms with Gasteiger partial charge in [-0.15, -0.1) is 0 Å². The second-order valence-corrected chi connectivity index (χ2v) is 5.39. The van der Waals surface area contributed by atoms with Crippen LogP contribution in [0.5, 0.6) is 0 Å². The summed E-state index contributed by atoms with van der Waals surface area (Å²) in [5.74, 6) is 0.192. The van der Waals surface area contributed by atoms with Crippen molar-refractivity contribution in [1.82, 2.24) is 4.90 Å². The van der Waals surface area contributed by atoms with Crippen LogP contribution >= 0.6 is 0 Å². The summed E-state index contributed by atoms with van der Waals surface area (Å²) in [6.45, 7) is 3.23. The molecular weight excluding hydrogens is 274 g/mol. The molecule has 1 atom stereocenters. The van der Waals surface area contributed by atoms with Crippen molar-refractivity contribution in [2.45, 2.75) is 12.8 Å². The maximum absolute atomic E-state index is 11.8. The highest BCUT2D eigenvalue weighted by Crippen LogP contribution is 2.32. The summed E-state index contributed by atoms with van der Waals surface area (Å²) in [6, 6.07) is 20.5. The van der Waals surface area contributed by atoms with E-state index < -0.39 is 0 Å². The fraction of sp³-hybridized carbons (Fsp3) is 0.211. The lowest BCUT2D eigenvalue weighted by Gasteiger charge is -2.19. The van der Waals surface area contributed by atoms with Gasteiger partial charge in [0.05, 0.1) is 6.54 Å². The Bertz CT molecular complexity index is 664. The number of hydrogen-bond donors (Lipinski definition) is 0. The van der Waals surface area contributed by atoms with E-state index in [1.807, 2.05) is 42.6 Å². The molecule has 0 unspecified atom stereocenters. The normalized spacial score (nSPS) is 16.5. The van der Waals surface area contributed by atoms with Crippen molar-refractivity contribution < 1.29 is 9.53 Å². The summed E-state index contributed by atoms with van der Waals surface area (Å²) in [5.41, 5.74) is 3.47. The van der Waals surface area contributed by atoms with Gasteiger partial charge in [-0.2, -0.15) is 0 Å². The van der Waals surface area contributed by atoms with E-state index in [0.717, 1.165) is 11.1 Å². The topological polar surface area (TPSA) is 29.5 Å². The van der Waals surface area contributed by atoms with Crippen molar-refractivity contribution in [2.75, 3.05) is 13.2 Å². The van der Waals surface area contributed by atoms with Crippen molar-refractivity contribution in [1.29, 1.82) is 0 Å². The van der Waals surface area contributed by atoms with Gasteiger partial charge in [0.1, 0.15) is 6.61 Å². The molecule has 0 radical (unpaired) electrons. The molecule has 1 heterocycles. The Morgan fingerprint density at radius 1 is 1.09 bits per heavy atom. The minimum absolute atomic E-state index is 0.192. The number of rotatable bonds is 4. The van der Waals surface area contributed by atoms with Crippen LogP contribution in [-0.4, -0.2) is 24.1 Å². The highest BCUT2D eigenvalue weighted by Gasteiger charge is 2.22. The zero-order valence-corrected chi connectivity index (χ0v) is 12.6. The molecule has 112 valence electrons. The Morgan fingerprint density at radius 3 is 2.32 bits per heavy atom. The summed E-state index contributed by atoms with van der Waals surface area (Å²) in [4.78, 5) is 13.4. The van der Waals surface area contributed by atoms with Gasteiger partial charge in [-0.05, 0) is 16.7 Å². The third-order valence-corrected chi connectivity index (χ3v) is 3.96. The third kappa shape index (κ3) is 3.03. The van der Waals surface area contributed by atoms with Gasteiger partial charge in [0.25, 0.3) is 0 Å². The number of carbonyl (C=O) groups is 1. The van der Waals surface area contributed by atoms with Gasteiger partial charge in [-0.1, -0.05) is 67.6 Å². The first-order valence-corrected chi connectivity index (χ1v) is 7.51. The van der Waals surface area contributed by atoms with Crippen molar-refractivity contribution in [3.63, 3.8) is 0 Å². The number of benzene rings is 2. The molecule has 3 nitrogen and oxygen atoms in total. The van der Waals surface area contributed by atoms with Crippen LogP contribution in [0.3, 0.4) is 0 Å². The van der Waals surface area contributed by atoms with Crippen molar-refractivity contribution >= 4 is 11.7 Å². The quantitative estimate of drug-likeness (QED) is 0.842. The number of amides is 1. The minimum Gasteiger partial charge on any atom is -0.447 e. The third-order valence-electron chi connectivity index (χ3n) is 3.96. The highest BCUT2D eigenvalue weighted by molar-refractivity contribution is 5.77. The molecule has 1 aliphatic rings. The number of cyclic esters (lactones) is 1. The molecule has 3 rings (SSSR count). The maximum atomic E-state index is 11.8. The first-order valence-electron chi connectivity index (χ1n) is 7.51. The molecule has 2 aromatic carbocycles. The Labute approximate surface area is 130 Å². The second-order valence-electron chi connectivity index (χ2n) is 5.39. The summed E-state index contributed by atoms with van der Waals surface area (Å²) < 4.78 is 5.03. The molecule has 0 spiro atoms. The van der Waals surface area contributed by atoms with E-state index in [4.69, 9.17) is 4.74 Å². The Kier molecular flexibility index (Phi) is 4.24. The Balaban J connectivity index is 2.00. The van der Waals surface area contributed by atoms with Gasteiger partial charge in [0.15, 0.2) is 0 Å². The molecule has 1 fully saturated rings. The zero-order chi connectivity index (χ0) is 15.4. The van der Waals surface area contributed by atoms with Crippen LogP contribution in [0.2, 0.25) is 0 Å². The molecule has 0 saturated carbocycles. The molecule has 1 aliphatic heterocycles. The van der Waals surface area contributed by atoms with E-state index >= 15 is 0 Å². The van der Waals surface area contributed by atoms with Crippen molar-refractivity contribution in [3.8, 4) is 0 Å². The summed E-state index contributed by atoms with van der Waals surface area (Å²) in [6.07, 6.45) is 1.66. The molecule has 0 N–H and O–H groups in total. The smallest absolute Gasteiger partial charge is 0.413 e. The van der Waals surface area contributed by atoms with Gasteiger partial charge in [0, 0.05) is 12.1 Å². The number of nitrogens with zero attached hydrogens (tertiary/aromatic N) is 1. The van der Waals surface area contributed by atoms with E-state index in [-0.39, 0.29) is 12.0 Å². The fourth-order valence-corrected chi connectivity index (χ4v) is 2.68. The van der Waals surface area contributed by atoms with Crippen LogP contribution < -0.4 is 0 Å². The lowest BCUT2D eigenvalue weighted by molar-refractivity contribution is 0.166. The van der Waals surface area contributed by atoms with E-state index in [1.54, 1.807) is 4.90 Å². The van der Waals surface area contributed by atoms with Crippen LogP contribution in [0.15, 0.2) is 66.9 Å². The average Bonchev–Trinajstić information content (AvgIpc) is 2.98. The molecule has 0 bridgehead atoms. The van der Waals surface area contributed by atoms with E-state index in [9.17, 15) is 4.79 Å². The summed E-state index contributed by atoms with van der Waals surface area (Å²) in [7, 11) is 0. The lowest BCUT2D eigenvalue weighted by Crippen LogP contribution is -2.18. The predicted molar refractivity (Wildman–Crippen MR) is 87.3 cm³/mol. The van der Waals surface area contributed by atoms with Crippen LogP contribution in [0.1, 0.15) is 24.0 Å². The first-order chi connectivity index (χ1) is 10.8. The van der Waals surface area contributed by atoms with E-state index in [2.05, 4.69) is 31.2 Å². The SMILES string of the molecule is C[C@H](/C(=C/N1CCOC1=O)c1ccccc1)c1ccccc1. The second kappa shape index (κ2) is 6.48. The standard InChI is InChI=1S/C19H19NO2/c1-15(16-8-4-2-5-9-16)18(17-10-6-3-7-11-17)14-20-12-13-22-19(20)21/h2-11,14-15H,12-13H2,1H3/b18-14-/t15-/m0/s1. The molecular formula is C19H19NO2. The summed E-state index contributed by atoms with van der Waals surface area (Å²) in [5, 5.41) is 0. The predicted octanol–water partition coefficient (Wildman–Crippen LogP) is 4.28. The van der Waals surface area contributed by atoms with Crippen LogP contribution in [0.4, 0.5) is 4.79 Å². The molecule has 0 aliphatic carbocycles. The Hall–Kier alpha value is -2.55. The van der Waals surface area contributed by atoms with E-state index in [1.165, 1.54) is 5.56 Å². The van der Waals surface area contributed by atoms with E-state index in [0.29, 0.717) is 13.2 Å².